The number of hydrogen-bond acceptors (Lipinski definition) is 3. The molecule has 1 fully saturated rings. The van der Waals surface area contributed by atoms with Crippen LogP contribution in [-0.2, 0) is 4.74 Å². The van der Waals surface area contributed by atoms with Gasteiger partial charge in [-0.1, -0.05) is 19.8 Å². The Bertz CT molecular complexity index is 270. The molecule has 0 bridgehead atoms. The molecule has 0 aromatic carbocycles. The van der Waals surface area contributed by atoms with Gasteiger partial charge in [-0.25, -0.2) is 4.79 Å². The highest BCUT2D eigenvalue weighted by atomic mass is 16.6. The van der Waals surface area contributed by atoms with E-state index in [1.54, 1.807) is 0 Å². The lowest BCUT2D eigenvalue weighted by Crippen LogP contribution is -2.38. The average molecular weight is 257 g/mol. The van der Waals surface area contributed by atoms with Crippen LogP contribution in [0.15, 0.2) is 0 Å². The van der Waals surface area contributed by atoms with Crippen molar-refractivity contribution in [2.75, 3.05) is 6.61 Å². The van der Waals surface area contributed by atoms with Gasteiger partial charge in [-0.05, 0) is 50.9 Å². The molecule has 0 aliphatic heterocycles. The summed E-state index contributed by atoms with van der Waals surface area (Å²) in [5, 5.41) is 9.12. The van der Waals surface area contributed by atoms with Crippen LogP contribution in [0, 0.1) is 17.8 Å². The molecule has 0 radical (unpaired) electrons. The van der Waals surface area contributed by atoms with Crippen molar-refractivity contribution in [2.45, 2.75) is 58.5 Å². The van der Waals surface area contributed by atoms with Crippen molar-refractivity contribution >= 4 is 6.09 Å². The second kappa shape index (κ2) is 6.41. The molecule has 3 N–H and O–H groups in total. The third kappa shape index (κ3) is 4.48. The fourth-order valence-electron chi connectivity index (χ4n) is 2.79. The van der Waals surface area contributed by atoms with E-state index in [4.69, 9.17) is 15.6 Å². The van der Waals surface area contributed by atoms with Gasteiger partial charge in [0.05, 0.1) is 0 Å². The van der Waals surface area contributed by atoms with Crippen molar-refractivity contribution in [1.29, 1.82) is 0 Å². The molecule has 0 aromatic heterocycles. The van der Waals surface area contributed by atoms with Crippen molar-refractivity contribution in [1.82, 2.24) is 0 Å². The van der Waals surface area contributed by atoms with Gasteiger partial charge in [0.1, 0.15) is 5.60 Å². The van der Waals surface area contributed by atoms with E-state index < -0.39 is 11.7 Å². The summed E-state index contributed by atoms with van der Waals surface area (Å²) >= 11 is 0. The number of carbonyl (C=O) groups is 1. The number of aliphatic hydroxyl groups excluding tert-OH is 1. The van der Waals surface area contributed by atoms with Crippen LogP contribution in [0.25, 0.3) is 0 Å². The molecule has 0 saturated heterocycles. The van der Waals surface area contributed by atoms with Gasteiger partial charge in [-0.3, -0.25) is 0 Å². The summed E-state index contributed by atoms with van der Waals surface area (Å²) in [6.07, 6.45) is 4.93. The summed E-state index contributed by atoms with van der Waals surface area (Å²) in [4.78, 5) is 10.9. The van der Waals surface area contributed by atoms with E-state index in [-0.39, 0.29) is 0 Å². The van der Waals surface area contributed by atoms with Gasteiger partial charge in [0, 0.05) is 6.61 Å². The molecule has 1 unspecified atom stereocenters. The number of ether oxygens (including phenoxy) is 1. The highest BCUT2D eigenvalue weighted by molar-refractivity contribution is 5.65. The third-order valence-corrected chi connectivity index (χ3v) is 4.46. The molecular weight excluding hydrogens is 230 g/mol. The normalized spacial score (nSPS) is 26.7. The lowest BCUT2D eigenvalue weighted by molar-refractivity contribution is -0.00641. The zero-order chi connectivity index (χ0) is 13.8. The Labute approximate surface area is 110 Å². The fourth-order valence-corrected chi connectivity index (χ4v) is 2.79. The van der Waals surface area contributed by atoms with E-state index in [1.165, 1.54) is 12.8 Å². The monoisotopic (exact) mass is 257 g/mol. The Morgan fingerprint density at radius 2 is 1.83 bits per heavy atom. The Hall–Kier alpha value is -0.770. The number of hydrogen-bond donors (Lipinski definition) is 2. The molecule has 1 aliphatic rings. The fraction of sp³-hybridized carbons (Fsp3) is 0.929. The maximum atomic E-state index is 10.9. The van der Waals surface area contributed by atoms with Crippen molar-refractivity contribution in [3.8, 4) is 0 Å². The van der Waals surface area contributed by atoms with Crippen LogP contribution in [-0.4, -0.2) is 23.4 Å². The molecule has 1 rings (SSSR count). The van der Waals surface area contributed by atoms with Gasteiger partial charge in [-0.2, -0.15) is 0 Å². The second-order valence-corrected chi connectivity index (χ2v) is 6.23. The molecule has 4 nitrogen and oxygen atoms in total. The Morgan fingerprint density at radius 3 is 2.28 bits per heavy atom. The smallest absolute Gasteiger partial charge is 0.405 e. The summed E-state index contributed by atoms with van der Waals surface area (Å²) in [6.45, 7) is 6.27. The summed E-state index contributed by atoms with van der Waals surface area (Å²) < 4.78 is 5.18. The first-order valence-electron chi connectivity index (χ1n) is 6.94. The van der Waals surface area contributed by atoms with E-state index in [0.29, 0.717) is 24.4 Å². The highest BCUT2D eigenvalue weighted by Crippen LogP contribution is 2.36. The summed E-state index contributed by atoms with van der Waals surface area (Å²) in [5.74, 6) is 1.46. The van der Waals surface area contributed by atoms with Crippen LogP contribution in [0.3, 0.4) is 0 Å². The lowest BCUT2D eigenvalue weighted by Gasteiger charge is -2.35. The van der Waals surface area contributed by atoms with Crippen LogP contribution in [0.1, 0.15) is 52.9 Å². The molecule has 4 heteroatoms. The minimum absolute atomic E-state index is 0.292. The first-order chi connectivity index (χ1) is 8.35. The lowest BCUT2D eigenvalue weighted by atomic mass is 9.75. The van der Waals surface area contributed by atoms with Gasteiger partial charge < -0.3 is 15.6 Å². The molecular formula is C14H27NO3. The van der Waals surface area contributed by atoms with Crippen molar-refractivity contribution in [3.63, 3.8) is 0 Å². The standard InChI is InChI=1S/C14H27NO3/c1-10(14(2,3)18-13(15)17)8-11-4-6-12(9-16)7-5-11/h10-12,16H,4-9H2,1-3H3,(H2,15,17). The molecule has 18 heavy (non-hydrogen) atoms. The Morgan fingerprint density at radius 1 is 1.33 bits per heavy atom. The maximum absolute atomic E-state index is 10.9. The molecule has 0 heterocycles. The first kappa shape index (κ1) is 15.3. The van der Waals surface area contributed by atoms with Crippen LogP contribution in [0.5, 0.6) is 0 Å². The molecule has 1 atom stereocenters. The second-order valence-electron chi connectivity index (χ2n) is 6.23. The quantitative estimate of drug-likeness (QED) is 0.795. The minimum atomic E-state index is -0.698. The van der Waals surface area contributed by atoms with Crippen LogP contribution < -0.4 is 5.73 Å². The Kier molecular flexibility index (Phi) is 5.45. The highest BCUT2D eigenvalue weighted by Gasteiger charge is 2.32. The SMILES string of the molecule is CC(CC1CCC(CO)CC1)C(C)(C)OC(N)=O. The Balaban J connectivity index is 2.40. The number of amides is 1. The van der Waals surface area contributed by atoms with E-state index in [9.17, 15) is 4.79 Å². The zero-order valence-electron chi connectivity index (χ0n) is 11.8. The predicted molar refractivity (Wildman–Crippen MR) is 71.1 cm³/mol. The molecule has 0 aromatic rings. The topological polar surface area (TPSA) is 72.6 Å². The summed E-state index contributed by atoms with van der Waals surface area (Å²) in [7, 11) is 0. The van der Waals surface area contributed by atoms with Crippen LogP contribution >= 0.6 is 0 Å². The molecule has 1 aliphatic carbocycles. The summed E-state index contributed by atoms with van der Waals surface area (Å²) in [6, 6.07) is 0. The number of nitrogens with two attached hydrogens (primary N) is 1. The first-order valence-corrected chi connectivity index (χ1v) is 6.94. The van der Waals surface area contributed by atoms with Crippen LogP contribution in [0.4, 0.5) is 4.79 Å². The van der Waals surface area contributed by atoms with E-state index in [2.05, 4.69) is 6.92 Å². The average Bonchev–Trinajstić information content (AvgIpc) is 2.28. The maximum Gasteiger partial charge on any atom is 0.405 e. The van der Waals surface area contributed by atoms with E-state index in [0.717, 1.165) is 19.3 Å². The largest absolute Gasteiger partial charge is 0.443 e. The van der Waals surface area contributed by atoms with Crippen molar-refractivity contribution < 1.29 is 14.6 Å². The predicted octanol–water partition coefficient (Wildman–Crippen LogP) is 2.69. The molecule has 106 valence electrons. The van der Waals surface area contributed by atoms with Gasteiger partial charge in [0.15, 0.2) is 0 Å². The molecule has 1 amide bonds. The van der Waals surface area contributed by atoms with Gasteiger partial charge in [0.25, 0.3) is 0 Å². The third-order valence-electron chi connectivity index (χ3n) is 4.46. The van der Waals surface area contributed by atoms with E-state index >= 15 is 0 Å². The van der Waals surface area contributed by atoms with Crippen molar-refractivity contribution in [3.05, 3.63) is 0 Å². The zero-order valence-corrected chi connectivity index (χ0v) is 11.8. The van der Waals surface area contributed by atoms with E-state index in [1.807, 2.05) is 13.8 Å². The number of rotatable bonds is 5. The molecule has 0 spiro atoms. The number of carbonyl (C=O) groups excluding carboxylic acids is 1. The molecule has 1 saturated carbocycles. The van der Waals surface area contributed by atoms with Gasteiger partial charge >= 0.3 is 6.09 Å². The minimum Gasteiger partial charge on any atom is -0.443 e. The number of aliphatic hydroxyl groups is 1. The van der Waals surface area contributed by atoms with Gasteiger partial charge in [-0.15, -0.1) is 0 Å². The van der Waals surface area contributed by atoms with Gasteiger partial charge in [0.2, 0.25) is 0 Å². The summed E-state index contributed by atoms with van der Waals surface area (Å²) in [5.41, 5.74) is 4.60. The number of primary amides is 1. The van der Waals surface area contributed by atoms with Crippen molar-refractivity contribution in [2.24, 2.45) is 23.5 Å². The van der Waals surface area contributed by atoms with Crippen LogP contribution in [0.2, 0.25) is 0 Å².